The number of anilines is 1. The van der Waals surface area contributed by atoms with Crippen LogP contribution in [0.2, 0.25) is 0 Å². The van der Waals surface area contributed by atoms with Gasteiger partial charge < -0.3 is 15.5 Å². The lowest BCUT2D eigenvalue weighted by Crippen LogP contribution is -2.42. The molecule has 1 amide bonds. The van der Waals surface area contributed by atoms with E-state index in [0.717, 1.165) is 31.7 Å². The van der Waals surface area contributed by atoms with Gasteiger partial charge in [0.1, 0.15) is 5.82 Å². The largest absolute Gasteiger partial charge is 0.363 e. The molecule has 0 spiro atoms. The number of hydrogen-bond donors (Lipinski definition) is 1. The number of nitrogens with two attached hydrogens (primary N) is 1. The van der Waals surface area contributed by atoms with E-state index < -0.39 is 0 Å². The Morgan fingerprint density at radius 1 is 1.39 bits per heavy atom. The van der Waals surface area contributed by atoms with Gasteiger partial charge in [0.05, 0.1) is 5.56 Å². The zero-order valence-electron chi connectivity index (χ0n) is 11.0. The smallest absolute Gasteiger partial charge is 0.255 e. The van der Waals surface area contributed by atoms with E-state index in [0.29, 0.717) is 5.56 Å². The quantitative estimate of drug-likeness (QED) is 0.837. The van der Waals surface area contributed by atoms with E-state index in [1.165, 1.54) is 0 Å². The number of carbonyl (C=O) groups excluding carboxylic acids is 1. The summed E-state index contributed by atoms with van der Waals surface area (Å²) in [5, 5.41) is 0. The van der Waals surface area contributed by atoms with Gasteiger partial charge in [0.15, 0.2) is 0 Å². The molecule has 1 aliphatic rings. The third-order valence-electron chi connectivity index (χ3n) is 3.28. The lowest BCUT2D eigenvalue weighted by molar-refractivity contribution is 0.0714. The second-order valence-corrected chi connectivity index (χ2v) is 4.93. The molecule has 0 aromatic carbocycles. The van der Waals surface area contributed by atoms with Crippen LogP contribution in [0.5, 0.6) is 0 Å². The summed E-state index contributed by atoms with van der Waals surface area (Å²) in [6.07, 6.45) is 3.41. The lowest BCUT2D eigenvalue weighted by Gasteiger charge is -2.30. The number of aromatic nitrogens is 1. The van der Waals surface area contributed by atoms with Crippen molar-refractivity contribution in [3.63, 3.8) is 0 Å². The Labute approximate surface area is 108 Å². The van der Waals surface area contributed by atoms with Gasteiger partial charge in [-0.15, -0.1) is 0 Å². The van der Waals surface area contributed by atoms with Gasteiger partial charge in [0.25, 0.3) is 5.91 Å². The van der Waals surface area contributed by atoms with Crippen LogP contribution in [0.25, 0.3) is 0 Å². The van der Waals surface area contributed by atoms with E-state index >= 15 is 0 Å². The number of rotatable bonds is 2. The third kappa shape index (κ3) is 2.79. The summed E-state index contributed by atoms with van der Waals surface area (Å²) in [4.78, 5) is 20.2. The molecular formula is C13H20N4O. The van der Waals surface area contributed by atoms with Gasteiger partial charge in [0, 0.05) is 39.4 Å². The summed E-state index contributed by atoms with van der Waals surface area (Å²) in [6, 6.07) is 3.94. The molecule has 2 N–H and O–H groups in total. The molecule has 0 bridgehead atoms. The van der Waals surface area contributed by atoms with Crippen molar-refractivity contribution in [2.75, 3.05) is 32.1 Å². The van der Waals surface area contributed by atoms with Crippen LogP contribution >= 0.6 is 0 Å². The first-order valence-electron chi connectivity index (χ1n) is 6.26. The molecule has 0 atom stereocenters. The van der Waals surface area contributed by atoms with Crippen molar-refractivity contribution in [3.05, 3.63) is 23.9 Å². The summed E-state index contributed by atoms with van der Waals surface area (Å²) in [7, 11) is 3.85. The molecule has 2 heterocycles. The maximum atomic E-state index is 12.2. The predicted octanol–water partition coefficient (Wildman–Crippen LogP) is 0.711. The summed E-state index contributed by atoms with van der Waals surface area (Å²) in [5.74, 6) is 0.909. The Hall–Kier alpha value is -1.62. The van der Waals surface area contributed by atoms with Crippen molar-refractivity contribution < 1.29 is 4.79 Å². The van der Waals surface area contributed by atoms with E-state index in [-0.39, 0.29) is 11.9 Å². The Kier molecular flexibility index (Phi) is 3.81. The van der Waals surface area contributed by atoms with E-state index in [1.54, 1.807) is 6.20 Å². The Balaban J connectivity index is 2.04. The van der Waals surface area contributed by atoms with Crippen LogP contribution in [0.15, 0.2) is 18.3 Å². The summed E-state index contributed by atoms with van der Waals surface area (Å²) in [5.41, 5.74) is 6.48. The van der Waals surface area contributed by atoms with Gasteiger partial charge in [0.2, 0.25) is 0 Å². The number of pyridine rings is 1. The third-order valence-corrected chi connectivity index (χ3v) is 3.28. The first-order valence-corrected chi connectivity index (χ1v) is 6.26. The van der Waals surface area contributed by atoms with Gasteiger partial charge >= 0.3 is 0 Å². The SMILES string of the molecule is CN(C)c1ccc(C(=O)N2CCC(N)CC2)cn1. The highest BCUT2D eigenvalue weighted by Gasteiger charge is 2.21. The zero-order chi connectivity index (χ0) is 13.1. The monoisotopic (exact) mass is 248 g/mol. The average molecular weight is 248 g/mol. The van der Waals surface area contributed by atoms with Gasteiger partial charge in [-0.05, 0) is 25.0 Å². The number of nitrogens with zero attached hydrogens (tertiary/aromatic N) is 3. The van der Waals surface area contributed by atoms with Crippen molar-refractivity contribution >= 4 is 11.7 Å². The first-order chi connectivity index (χ1) is 8.58. The highest BCUT2D eigenvalue weighted by Crippen LogP contribution is 2.14. The van der Waals surface area contributed by atoms with Gasteiger partial charge in [-0.2, -0.15) is 0 Å². The van der Waals surface area contributed by atoms with Crippen molar-refractivity contribution in [1.29, 1.82) is 0 Å². The minimum atomic E-state index is 0.0553. The Morgan fingerprint density at radius 2 is 2.06 bits per heavy atom. The Morgan fingerprint density at radius 3 is 2.56 bits per heavy atom. The van der Waals surface area contributed by atoms with Crippen molar-refractivity contribution in [2.45, 2.75) is 18.9 Å². The predicted molar refractivity (Wildman–Crippen MR) is 71.7 cm³/mol. The topological polar surface area (TPSA) is 62.5 Å². The molecule has 1 fully saturated rings. The molecule has 1 aliphatic heterocycles. The highest BCUT2D eigenvalue weighted by atomic mass is 16.2. The summed E-state index contributed by atoms with van der Waals surface area (Å²) < 4.78 is 0. The molecular weight excluding hydrogens is 228 g/mol. The average Bonchev–Trinajstić information content (AvgIpc) is 2.39. The van der Waals surface area contributed by atoms with Gasteiger partial charge in [-0.25, -0.2) is 4.98 Å². The van der Waals surface area contributed by atoms with E-state index in [1.807, 2.05) is 36.0 Å². The summed E-state index contributed by atoms with van der Waals surface area (Å²) >= 11 is 0. The molecule has 1 aromatic heterocycles. The van der Waals surface area contributed by atoms with Crippen molar-refractivity contribution in [1.82, 2.24) is 9.88 Å². The maximum absolute atomic E-state index is 12.2. The molecule has 5 heteroatoms. The summed E-state index contributed by atoms with van der Waals surface area (Å²) in [6.45, 7) is 1.49. The molecule has 0 saturated carbocycles. The fourth-order valence-corrected chi connectivity index (χ4v) is 2.06. The number of carbonyl (C=O) groups is 1. The molecule has 0 aliphatic carbocycles. The van der Waals surface area contributed by atoms with Crippen LogP contribution in [0, 0.1) is 0 Å². The normalized spacial score (nSPS) is 16.7. The number of piperidine rings is 1. The van der Waals surface area contributed by atoms with E-state index in [9.17, 15) is 4.79 Å². The van der Waals surface area contributed by atoms with E-state index in [2.05, 4.69) is 4.98 Å². The van der Waals surface area contributed by atoms with Crippen LogP contribution in [0.4, 0.5) is 5.82 Å². The Bertz CT molecular complexity index is 408. The molecule has 0 unspecified atom stereocenters. The molecule has 1 saturated heterocycles. The van der Waals surface area contributed by atoms with Crippen molar-refractivity contribution in [2.24, 2.45) is 5.73 Å². The second-order valence-electron chi connectivity index (χ2n) is 4.93. The number of likely N-dealkylation sites (tertiary alicyclic amines) is 1. The highest BCUT2D eigenvalue weighted by molar-refractivity contribution is 5.94. The van der Waals surface area contributed by atoms with Crippen LogP contribution < -0.4 is 10.6 Å². The first kappa shape index (κ1) is 12.8. The van der Waals surface area contributed by atoms with Gasteiger partial charge in [-0.1, -0.05) is 0 Å². The van der Waals surface area contributed by atoms with Crippen LogP contribution in [0.1, 0.15) is 23.2 Å². The molecule has 0 radical (unpaired) electrons. The molecule has 5 nitrogen and oxygen atoms in total. The molecule has 2 rings (SSSR count). The molecule has 1 aromatic rings. The fourth-order valence-electron chi connectivity index (χ4n) is 2.06. The maximum Gasteiger partial charge on any atom is 0.255 e. The van der Waals surface area contributed by atoms with Gasteiger partial charge in [-0.3, -0.25) is 4.79 Å². The lowest BCUT2D eigenvalue weighted by atomic mass is 10.1. The van der Waals surface area contributed by atoms with Crippen molar-refractivity contribution in [3.8, 4) is 0 Å². The number of amides is 1. The minimum absolute atomic E-state index is 0.0553. The van der Waals surface area contributed by atoms with Crippen LogP contribution in [0.3, 0.4) is 0 Å². The minimum Gasteiger partial charge on any atom is -0.363 e. The molecule has 18 heavy (non-hydrogen) atoms. The van der Waals surface area contributed by atoms with Crippen LogP contribution in [-0.4, -0.2) is 49.0 Å². The molecule has 98 valence electrons. The van der Waals surface area contributed by atoms with E-state index in [4.69, 9.17) is 5.73 Å². The number of hydrogen-bond acceptors (Lipinski definition) is 4. The van der Waals surface area contributed by atoms with Crippen LogP contribution in [-0.2, 0) is 0 Å². The fraction of sp³-hybridized carbons (Fsp3) is 0.538. The second kappa shape index (κ2) is 5.35. The zero-order valence-corrected chi connectivity index (χ0v) is 11.0. The standard InChI is InChI=1S/C13H20N4O/c1-16(2)12-4-3-10(9-15-12)13(18)17-7-5-11(14)6-8-17/h3-4,9,11H,5-8,14H2,1-2H3.